The summed E-state index contributed by atoms with van der Waals surface area (Å²) in [7, 11) is 0. The molecule has 0 saturated heterocycles. The maximum absolute atomic E-state index is 11.9. The molecule has 0 amide bonds. The van der Waals surface area contributed by atoms with Crippen LogP contribution in [-0.2, 0) is 0 Å². The first-order valence-electron chi connectivity index (χ1n) is 2.71. The van der Waals surface area contributed by atoms with Crippen LogP contribution in [0, 0.1) is 6.92 Å². The van der Waals surface area contributed by atoms with Gasteiger partial charge in [-0.2, -0.15) is 13.9 Å². The second-order valence-corrected chi connectivity index (χ2v) is 1.93. The molecule has 56 valence electrons. The van der Waals surface area contributed by atoms with Crippen molar-refractivity contribution in [3.05, 3.63) is 11.8 Å². The fourth-order valence-corrected chi connectivity index (χ4v) is 0.710. The van der Waals surface area contributed by atoms with Crippen molar-refractivity contribution < 1.29 is 8.78 Å². The van der Waals surface area contributed by atoms with Crippen LogP contribution in [0.15, 0.2) is 6.07 Å². The molecule has 0 spiro atoms. The van der Waals surface area contributed by atoms with Crippen LogP contribution >= 0.6 is 0 Å². The number of nitrogen functional groups attached to an aromatic ring is 1. The standard InChI is InChI=1S/C5H7F2N3/c1-3-2-4(8)9-10(3)5(6)7/h2,5H,1H3,(H2,8,9). The molecule has 0 fully saturated rings. The summed E-state index contributed by atoms with van der Waals surface area (Å²) in [5.41, 5.74) is 5.52. The highest BCUT2D eigenvalue weighted by Gasteiger charge is 2.09. The summed E-state index contributed by atoms with van der Waals surface area (Å²) < 4.78 is 24.4. The lowest BCUT2D eigenvalue weighted by atomic mass is 10.5. The first-order valence-corrected chi connectivity index (χ1v) is 2.71. The van der Waals surface area contributed by atoms with Crippen molar-refractivity contribution in [2.75, 3.05) is 5.73 Å². The molecule has 1 aromatic heterocycles. The first-order chi connectivity index (χ1) is 4.61. The van der Waals surface area contributed by atoms with E-state index in [9.17, 15) is 8.78 Å². The van der Waals surface area contributed by atoms with E-state index in [1.165, 1.54) is 13.0 Å². The molecule has 10 heavy (non-hydrogen) atoms. The van der Waals surface area contributed by atoms with Gasteiger partial charge in [-0.25, -0.2) is 4.68 Å². The molecule has 0 aliphatic carbocycles. The van der Waals surface area contributed by atoms with Gasteiger partial charge in [-0.1, -0.05) is 0 Å². The van der Waals surface area contributed by atoms with E-state index in [0.29, 0.717) is 10.4 Å². The molecule has 0 unspecified atom stereocenters. The number of alkyl halides is 2. The topological polar surface area (TPSA) is 43.8 Å². The molecule has 1 aromatic rings. The van der Waals surface area contributed by atoms with E-state index >= 15 is 0 Å². The van der Waals surface area contributed by atoms with E-state index in [1.807, 2.05) is 0 Å². The summed E-state index contributed by atoms with van der Waals surface area (Å²) in [6.45, 7) is -1.08. The number of rotatable bonds is 1. The number of aryl methyl sites for hydroxylation is 1. The first kappa shape index (κ1) is 6.98. The molecule has 0 saturated carbocycles. The number of hydrogen-bond acceptors (Lipinski definition) is 2. The Bertz CT molecular complexity index is 231. The minimum absolute atomic E-state index is 0.123. The van der Waals surface area contributed by atoms with Crippen molar-refractivity contribution in [1.29, 1.82) is 0 Å². The Labute approximate surface area is 56.4 Å². The summed E-state index contributed by atoms with van der Waals surface area (Å²) in [5.74, 6) is 0.123. The van der Waals surface area contributed by atoms with Crippen LogP contribution in [0.3, 0.4) is 0 Å². The van der Waals surface area contributed by atoms with Crippen molar-refractivity contribution in [3.8, 4) is 0 Å². The monoisotopic (exact) mass is 147 g/mol. The van der Waals surface area contributed by atoms with Crippen LogP contribution in [-0.4, -0.2) is 9.78 Å². The molecule has 5 heteroatoms. The molecule has 0 radical (unpaired) electrons. The third-order valence-electron chi connectivity index (χ3n) is 1.13. The van der Waals surface area contributed by atoms with Gasteiger partial charge in [-0.05, 0) is 6.92 Å². The Morgan fingerprint density at radius 2 is 2.30 bits per heavy atom. The lowest BCUT2D eigenvalue weighted by molar-refractivity contribution is 0.0547. The molecule has 3 nitrogen and oxygen atoms in total. The normalized spacial score (nSPS) is 10.8. The van der Waals surface area contributed by atoms with Crippen LogP contribution < -0.4 is 5.73 Å². The maximum Gasteiger partial charge on any atom is 0.333 e. The van der Waals surface area contributed by atoms with Crippen LogP contribution in [0.2, 0.25) is 0 Å². The average Bonchev–Trinajstić information content (AvgIpc) is 2.10. The summed E-state index contributed by atoms with van der Waals surface area (Å²) in [4.78, 5) is 0. The van der Waals surface area contributed by atoms with E-state index in [2.05, 4.69) is 5.10 Å². The van der Waals surface area contributed by atoms with E-state index in [0.717, 1.165) is 0 Å². The van der Waals surface area contributed by atoms with Crippen molar-refractivity contribution in [3.63, 3.8) is 0 Å². The van der Waals surface area contributed by atoms with E-state index < -0.39 is 6.55 Å². The quantitative estimate of drug-likeness (QED) is 0.647. The van der Waals surface area contributed by atoms with Gasteiger partial charge in [-0.15, -0.1) is 0 Å². The number of aromatic nitrogens is 2. The van der Waals surface area contributed by atoms with Crippen LogP contribution in [0.5, 0.6) is 0 Å². The maximum atomic E-state index is 11.9. The summed E-state index contributed by atoms with van der Waals surface area (Å²) in [6.07, 6.45) is 0. The largest absolute Gasteiger partial charge is 0.382 e. The lowest BCUT2D eigenvalue weighted by Gasteiger charge is -1.98. The number of nitrogens with two attached hydrogens (primary N) is 1. The smallest absolute Gasteiger partial charge is 0.333 e. The second kappa shape index (κ2) is 2.24. The highest BCUT2D eigenvalue weighted by molar-refractivity contribution is 5.28. The summed E-state index contributed by atoms with van der Waals surface area (Å²) in [6, 6.07) is 1.40. The predicted molar refractivity (Wildman–Crippen MR) is 32.6 cm³/mol. The van der Waals surface area contributed by atoms with Crippen LogP contribution in [0.25, 0.3) is 0 Å². The van der Waals surface area contributed by atoms with Gasteiger partial charge in [0.05, 0.1) is 0 Å². The Balaban J connectivity index is 3.03. The summed E-state index contributed by atoms with van der Waals surface area (Å²) in [5, 5.41) is 3.35. The van der Waals surface area contributed by atoms with Gasteiger partial charge < -0.3 is 5.73 Å². The van der Waals surface area contributed by atoms with Crippen molar-refractivity contribution in [2.24, 2.45) is 0 Å². The molecule has 1 rings (SSSR count). The van der Waals surface area contributed by atoms with Crippen molar-refractivity contribution in [2.45, 2.75) is 13.5 Å². The third-order valence-corrected chi connectivity index (χ3v) is 1.13. The molecule has 0 aromatic carbocycles. The lowest BCUT2D eigenvalue weighted by Crippen LogP contribution is -2.02. The van der Waals surface area contributed by atoms with Gasteiger partial charge in [0.2, 0.25) is 0 Å². The minimum Gasteiger partial charge on any atom is -0.382 e. The molecular weight excluding hydrogens is 140 g/mol. The third kappa shape index (κ3) is 1.07. The Hall–Kier alpha value is -1.13. The van der Waals surface area contributed by atoms with Gasteiger partial charge >= 0.3 is 6.55 Å². The Kier molecular flexibility index (Phi) is 1.57. The fraction of sp³-hybridized carbons (Fsp3) is 0.400. The number of halogens is 2. The average molecular weight is 147 g/mol. The fourth-order valence-electron chi connectivity index (χ4n) is 0.710. The molecule has 0 atom stereocenters. The summed E-state index contributed by atoms with van der Waals surface area (Å²) >= 11 is 0. The Morgan fingerprint density at radius 3 is 2.50 bits per heavy atom. The van der Waals surface area contributed by atoms with Crippen molar-refractivity contribution >= 4 is 5.82 Å². The highest BCUT2D eigenvalue weighted by atomic mass is 19.3. The molecule has 0 aliphatic heterocycles. The van der Waals surface area contributed by atoms with E-state index in [4.69, 9.17) is 5.73 Å². The molecule has 1 heterocycles. The van der Waals surface area contributed by atoms with Gasteiger partial charge in [0.1, 0.15) is 5.82 Å². The zero-order valence-corrected chi connectivity index (χ0v) is 5.38. The minimum atomic E-state index is -2.60. The van der Waals surface area contributed by atoms with E-state index in [1.54, 1.807) is 0 Å². The zero-order chi connectivity index (χ0) is 7.72. The molecule has 0 bridgehead atoms. The van der Waals surface area contributed by atoms with Gasteiger partial charge in [0.25, 0.3) is 0 Å². The number of hydrogen-bond donors (Lipinski definition) is 1. The van der Waals surface area contributed by atoms with Crippen LogP contribution in [0.4, 0.5) is 14.6 Å². The number of anilines is 1. The van der Waals surface area contributed by atoms with Gasteiger partial charge in [0.15, 0.2) is 0 Å². The zero-order valence-electron chi connectivity index (χ0n) is 5.38. The molecule has 2 N–H and O–H groups in total. The van der Waals surface area contributed by atoms with Crippen molar-refractivity contribution in [1.82, 2.24) is 9.78 Å². The highest BCUT2D eigenvalue weighted by Crippen LogP contribution is 2.13. The number of nitrogens with zero attached hydrogens (tertiary/aromatic N) is 2. The van der Waals surface area contributed by atoms with E-state index in [-0.39, 0.29) is 5.82 Å². The predicted octanol–water partition coefficient (Wildman–Crippen LogP) is 1.17. The molecule has 0 aliphatic rings. The second-order valence-electron chi connectivity index (χ2n) is 1.93. The van der Waals surface area contributed by atoms with Gasteiger partial charge in [0, 0.05) is 11.8 Å². The molecular formula is C5H7F2N3. The van der Waals surface area contributed by atoms with Gasteiger partial charge in [-0.3, -0.25) is 0 Å². The van der Waals surface area contributed by atoms with Crippen LogP contribution in [0.1, 0.15) is 12.2 Å². The SMILES string of the molecule is Cc1cc(N)nn1C(F)F. The Morgan fingerprint density at radius 1 is 1.70 bits per heavy atom.